The minimum atomic E-state index is -0.228. The lowest BCUT2D eigenvalue weighted by Gasteiger charge is -2.18. The van der Waals surface area contributed by atoms with Gasteiger partial charge >= 0.3 is 0 Å². The molecule has 2 aromatic heterocycles. The van der Waals surface area contributed by atoms with Gasteiger partial charge in [-0.05, 0) is 29.7 Å². The standard InChI is InChI=1S/C19H20N2O4S/c22-18(6-5-14-4-2-8-26-14)21-10-15-16(12-25-17(15)11-21)19(23)20-9-13-3-1-7-24-13/h1-8,15-17H,9-12H2,(H,20,23)/b6-5+/t15-,16+,17-/m1/s1. The average Bonchev–Trinajstić information content (AvgIpc) is 3.42. The van der Waals surface area contributed by atoms with Crippen molar-refractivity contribution in [2.24, 2.45) is 11.8 Å². The molecule has 1 N–H and O–H groups in total. The molecule has 136 valence electrons. The molecule has 0 saturated carbocycles. The van der Waals surface area contributed by atoms with Gasteiger partial charge in [0.1, 0.15) is 5.76 Å². The van der Waals surface area contributed by atoms with E-state index in [-0.39, 0.29) is 29.8 Å². The van der Waals surface area contributed by atoms with Crippen molar-refractivity contribution < 1.29 is 18.7 Å². The van der Waals surface area contributed by atoms with Gasteiger partial charge in [-0.3, -0.25) is 9.59 Å². The van der Waals surface area contributed by atoms with E-state index in [0.717, 1.165) is 10.6 Å². The number of hydrogen-bond acceptors (Lipinski definition) is 5. The van der Waals surface area contributed by atoms with Crippen molar-refractivity contribution >= 4 is 29.2 Å². The van der Waals surface area contributed by atoms with Crippen LogP contribution < -0.4 is 5.32 Å². The highest BCUT2D eigenvalue weighted by Crippen LogP contribution is 2.34. The van der Waals surface area contributed by atoms with E-state index in [0.29, 0.717) is 26.2 Å². The van der Waals surface area contributed by atoms with Gasteiger partial charge in [-0.1, -0.05) is 6.07 Å². The van der Waals surface area contributed by atoms with E-state index in [9.17, 15) is 9.59 Å². The quantitative estimate of drug-likeness (QED) is 0.817. The van der Waals surface area contributed by atoms with Gasteiger partial charge in [0.05, 0.1) is 31.4 Å². The highest BCUT2D eigenvalue weighted by molar-refractivity contribution is 7.10. The van der Waals surface area contributed by atoms with E-state index in [1.165, 1.54) is 0 Å². The molecule has 0 bridgehead atoms. The van der Waals surface area contributed by atoms with Crippen molar-refractivity contribution in [2.45, 2.75) is 12.6 Å². The van der Waals surface area contributed by atoms with E-state index < -0.39 is 0 Å². The lowest BCUT2D eigenvalue weighted by atomic mass is 9.92. The van der Waals surface area contributed by atoms with E-state index >= 15 is 0 Å². The second-order valence-corrected chi connectivity index (χ2v) is 7.51. The predicted octanol–water partition coefficient (Wildman–Crippen LogP) is 2.14. The number of carbonyl (C=O) groups excluding carboxylic acids is 2. The molecule has 0 aromatic carbocycles. The molecule has 26 heavy (non-hydrogen) atoms. The van der Waals surface area contributed by atoms with Crippen LogP contribution in [0, 0.1) is 11.8 Å². The number of hydrogen-bond donors (Lipinski definition) is 1. The zero-order valence-corrected chi connectivity index (χ0v) is 15.0. The first-order valence-electron chi connectivity index (χ1n) is 8.63. The third-order valence-electron chi connectivity index (χ3n) is 4.91. The number of thiophene rings is 1. The minimum Gasteiger partial charge on any atom is -0.467 e. The number of amides is 2. The molecule has 3 atom stereocenters. The summed E-state index contributed by atoms with van der Waals surface area (Å²) < 4.78 is 11.0. The summed E-state index contributed by atoms with van der Waals surface area (Å²) in [4.78, 5) is 27.7. The Labute approximate surface area is 155 Å². The largest absolute Gasteiger partial charge is 0.467 e. The summed E-state index contributed by atoms with van der Waals surface area (Å²) in [5, 5.41) is 4.88. The van der Waals surface area contributed by atoms with Gasteiger partial charge in [-0.25, -0.2) is 0 Å². The Hall–Kier alpha value is -2.38. The van der Waals surface area contributed by atoms with Crippen LogP contribution >= 0.6 is 11.3 Å². The van der Waals surface area contributed by atoms with Gasteiger partial charge in [-0.15, -0.1) is 11.3 Å². The molecule has 0 unspecified atom stereocenters. The smallest absolute Gasteiger partial charge is 0.246 e. The molecule has 2 aliphatic rings. The molecule has 6 nitrogen and oxygen atoms in total. The van der Waals surface area contributed by atoms with Crippen LogP contribution in [-0.4, -0.2) is 42.5 Å². The van der Waals surface area contributed by atoms with Crippen LogP contribution in [0.4, 0.5) is 0 Å². The maximum atomic E-state index is 12.5. The Morgan fingerprint density at radius 2 is 2.23 bits per heavy atom. The Morgan fingerprint density at radius 3 is 3.00 bits per heavy atom. The fourth-order valence-corrected chi connectivity index (χ4v) is 4.14. The molecular formula is C19H20N2O4S. The molecule has 4 rings (SSSR count). The fourth-order valence-electron chi connectivity index (χ4n) is 3.53. The van der Waals surface area contributed by atoms with Crippen LogP contribution in [0.15, 0.2) is 46.4 Å². The lowest BCUT2D eigenvalue weighted by Crippen LogP contribution is -2.37. The highest BCUT2D eigenvalue weighted by Gasteiger charge is 2.47. The SMILES string of the molecule is O=C(NCc1ccco1)[C@H]1CO[C@@H]2CN(C(=O)/C=C/c3cccs3)C[C@H]12. The molecule has 4 heterocycles. The Bertz CT molecular complexity index is 785. The third-order valence-corrected chi connectivity index (χ3v) is 5.75. The zero-order chi connectivity index (χ0) is 17.9. The number of likely N-dealkylation sites (tertiary alicyclic amines) is 1. The Morgan fingerprint density at radius 1 is 1.31 bits per heavy atom. The number of fused-ring (bicyclic) bond motifs is 1. The van der Waals surface area contributed by atoms with Crippen molar-refractivity contribution in [1.29, 1.82) is 0 Å². The summed E-state index contributed by atoms with van der Waals surface area (Å²) in [6.45, 7) is 1.87. The van der Waals surface area contributed by atoms with Crippen LogP contribution in [0.1, 0.15) is 10.6 Å². The topological polar surface area (TPSA) is 71.8 Å². The summed E-state index contributed by atoms with van der Waals surface area (Å²) in [5.41, 5.74) is 0. The molecule has 2 fully saturated rings. The van der Waals surface area contributed by atoms with Crippen molar-refractivity contribution in [3.63, 3.8) is 0 Å². The normalized spacial score (nSPS) is 24.9. The Balaban J connectivity index is 1.33. The van der Waals surface area contributed by atoms with Gasteiger partial charge in [0.25, 0.3) is 0 Å². The summed E-state index contributed by atoms with van der Waals surface area (Å²) in [5.74, 6) is 0.457. The summed E-state index contributed by atoms with van der Waals surface area (Å²) in [7, 11) is 0. The van der Waals surface area contributed by atoms with Gasteiger partial charge in [0.2, 0.25) is 11.8 Å². The molecule has 0 radical (unpaired) electrons. The molecule has 2 aliphatic heterocycles. The third kappa shape index (κ3) is 3.59. The fraction of sp³-hybridized carbons (Fsp3) is 0.368. The van der Waals surface area contributed by atoms with Crippen molar-refractivity contribution in [3.8, 4) is 0 Å². The first-order chi connectivity index (χ1) is 12.7. The van der Waals surface area contributed by atoms with E-state index in [4.69, 9.17) is 9.15 Å². The monoisotopic (exact) mass is 372 g/mol. The zero-order valence-electron chi connectivity index (χ0n) is 14.2. The van der Waals surface area contributed by atoms with Crippen LogP contribution in [0.5, 0.6) is 0 Å². The van der Waals surface area contributed by atoms with Crippen LogP contribution in [0.2, 0.25) is 0 Å². The number of carbonyl (C=O) groups is 2. The number of rotatable bonds is 5. The molecule has 2 saturated heterocycles. The van der Waals surface area contributed by atoms with E-state index in [1.54, 1.807) is 34.6 Å². The van der Waals surface area contributed by atoms with Gasteiger partial charge in [0.15, 0.2) is 0 Å². The summed E-state index contributed by atoms with van der Waals surface area (Å²) >= 11 is 1.59. The van der Waals surface area contributed by atoms with Crippen LogP contribution in [0.3, 0.4) is 0 Å². The van der Waals surface area contributed by atoms with Gasteiger partial charge in [0, 0.05) is 30.0 Å². The molecule has 2 aromatic rings. The summed E-state index contributed by atoms with van der Waals surface area (Å²) in [6, 6.07) is 7.54. The first-order valence-corrected chi connectivity index (χ1v) is 9.51. The van der Waals surface area contributed by atoms with Crippen molar-refractivity contribution in [1.82, 2.24) is 10.2 Å². The van der Waals surface area contributed by atoms with Gasteiger partial charge < -0.3 is 19.4 Å². The molecule has 7 heteroatoms. The van der Waals surface area contributed by atoms with Crippen LogP contribution in [-0.2, 0) is 20.9 Å². The number of ether oxygens (including phenoxy) is 1. The second kappa shape index (κ2) is 7.47. The lowest BCUT2D eigenvalue weighted by molar-refractivity contribution is -0.129. The number of furan rings is 1. The number of nitrogens with one attached hydrogen (secondary N) is 1. The molecule has 2 amide bonds. The highest BCUT2D eigenvalue weighted by atomic mass is 32.1. The average molecular weight is 372 g/mol. The van der Waals surface area contributed by atoms with Crippen molar-refractivity contribution in [2.75, 3.05) is 19.7 Å². The first kappa shape index (κ1) is 17.1. The number of nitrogens with zero attached hydrogens (tertiary/aromatic N) is 1. The molecule has 0 aliphatic carbocycles. The maximum Gasteiger partial charge on any atom is 0.246 e. The second-order valence-electron chi connectivity index (χ2n) is 6.53. The molecule has 0 spiro atoms. The predicted molar refractivity (Wildman–Crippen MR) is 97.2 cm³/mol. The van der Waals surface area contributed by atoms with Crippen molar-refractivity contribution in [3.05, 3.63) is 52.6 Å². The van der Waals surface area contributed by atoms with Crippen LogP contribution in [0.25, 0.3) is 6.08 Å². The summed E-state index contributed by atoms with van der Waals surface area (Å²) in [6.07, 6.45) is 4.95. The van der Waals surface area contributed by atoms with E-state index in [1.807, 2.05) is 29.7 Å². The Kier molecular flexibility index (Phi) is 4.90. The maximum absolute atomic E-state index is 12.5. The minimum absolute atomic E-state index is 0.0360. The van der Waals surface area contributed by atoms with E-state index in [2.05, 4.69) is 5.32 Å². The van der Waals surface area contributed by atoms with Gasteiger partial charge in [-0.2, -0.15) is 0 Å². The molecular weight excluding hydrogens is 352 g/mol.